The van der Waals surface area contributed by atoms with Crippen LogP contribution in [0.4, 0.5) is 5.69 Å². The summed E-state index contributed by atoms with van der Waals surface area (Å²) < 4.78 is 5.54. The summed E-state index contributed by atoms with van der Waals surface area (Å²) in [5.74, 6) is 0.724. The summed E-state index contributed by atoms with van der Waals surface area (Å²) in [5.41, 5.74) is 8.27. The Balaban J connectivity index is 2.67. The maximum Gasteiger partial charge on any atom is 0.273 e. The van der Waals surface area contributed by atoms with Gasteiger partial charge in [-0.3, -0.25) is 10.1 Å². The van der Waals surface area contributed by atoms with Gasteiger partial charge >= 0.3 is 0 Å². The van der Waals surface area contributed by atoms with Crippen LogP contribution in [-0.4, -0.2) is 11.5 Å². The summed E-state index contributed by atoms with van der Waals surface area (Å²) >= 11 is 0. The van der Waals surface area contributed by atoms with Crippen LogP contribution in [0, 0.1) is 24.0 Å². The SMILES string of the molecule is Cc1c([N+](=O)[O-])cc2c(c1C)OCC[C@@H]2N. The minimum absolute atomic E-state index is 0.122. The molecule has 0 aliphatic carbocycles. The Hall–Kier alpha value is -1.62. The molecule has 0 radical (unpaired) electrons. The second-order valence-electron chi connectivity index (χ2n) is 4.06. The molecule has 1 aliphatic heterocycles. The summed E-state index contributed by atoms with van der Waals surface area (Å²) in [4.78, 5) is 10.5. The van der Waals surface area contributed by atoms with Crippen molar-refractivity contribution in [3.8, 4) is 5.75 Å². The van der Waals surface area contributed by atoms with Crippen molar-refractivity contribution in [2.45, 2.75) is 26.3 Å². The van der Waals surface area contributed by atoms with Crippen LogP contribution in [0.15, 0.2) is 6.07 Å². The lowest BCUT2D eigenvalue weighted by Gasteiger charge is -2.25. The normalized spacial score (nSPS) is 18.8. The van der Waals surface area contributed by atoms with Crippen molar-refractivity contribution in [3.05, 3.63) is 32.9 Å². The Labute approximate surface area is 93.4 Å². The van der Waals surface area contributed by atoms with Gasteiger partial charge in [0.05, 0.1) is 11.5 Å². The molecule has 5 heteroatoms. The van der Waals surface area contributed by atoms with Crippen LogP contribution in [-0.2, 0) is 0 Å². The van der Waals surface area contributed by atoms with Gasteiger partial charge in [-0.05, 0) is 13.8 Å². The van der Waals surface area contributed by atoms with Crippen molar-refractivity contribution >= 4 is 5.69 Å². The molecule has 1 aliphatic rings. The van der Waals surface area contributed by atoms with E-state index in [-0.39, 0.29) is 16.7 Å². The predicted molar refractivity (Wildman–Crippen MR) is 59.6 cm³/mol. The maximum absolute atomic E-state index is 10.9. The highest BCUT2D eigenvalue weighted by Gasteiger charge is 2.26. The first-order valence-corrected chi connectivity index (χ1v) is 5.19. The number of rotatable bonds is 1. The molecule has 0 amide bonds. The summed E-state index contributed by atoms with van der Waals surface area (Å²) in [7, 11) is 0. The molecule has 0 fully saturated rings. The van der Waals surface area contributed by atoms with Crippen LogP contribution in [0.2, 0.25) is 0 Å². The van der Waals surface area contributed by atoms with Crippen LogP contribution in [0.25, 0.3) is 0 Å². The van der Waals surface area contributed by atoms with Crippen molar-refractivity contribution in [2.75, 3.05) is 6.61 Å². The minimum Gasteiger partial charge on any atom is -0.493 e. The number of nitrogens with zero attached hydrogens (tertiary/aromatic N) is 1. The molecule has 5 nitrogen and oxygen atoms in total. The van der Waals surface area contributed by atoms with Crippen molar-refractivity contribution in [1.82, 2.24) is 0 Å². The van der Waals surface area contributed by atoms with E-state index in [1.165, 1.54) is 0 Å². The van der Waals surface area contributed by atoms with Gasteiger partial charge in [-0.1, -0.05) is 0 Å². The first-order chi connectivity index (χ1) is 7.52. The largest absolute Gasteiger partial charge is 0.493 e. The molecule has 0 spiro atoms. The number of nitro benzene ring substituents is 1. The van der Waals surface area contributed by atoms with Crippen LogP contribution in [0.5, 0.6) is 5.75 Å². The lowest BCUT2D eigenvalue weighted by molar-refractivity contribution is -0.385. The number of nitro groups is 1. The molecule has 1 heterocycles. The molecule has 0 aromatic heterocycles. The molecule has 2 rings (SSSR count). The summed E-state index contributed by atoms with van der Waals surface area (Å²) in [5, 5.41) is 10.9. The highest BCUT2D eigenvalue weighted by molar-refractivity contribution is 5.57. The van der Waals surface area contributed by atoms with E-state index in [4.69, 9.17) is 10.5 Å². The van der Waals surface area contributed by atoms with E-state index in [0.717, 1.165) is 16.9 Å². The van der Waals surface area contributed by atoms with Crippen LogP contribution >= 0.6 is 0 Å². The van der Waals surface area contributed by atoms with Gasteiger partial charge in [0.1, 0.15) is 5.75 Å². The van der Waals surface area contributed by atoms with Gasteiger partial charge < -0.3 is 10.5 Å². The van der Waals surface area contributed by atoms with Gasteiger partial charge in [-0.2, -0.15) is 0 Å². The molecule has 0 bridgehead atoms. The molecule has 86 valence electrons. The van der Waals surface area contributed by atoms with Crippen molar-refractivity contribution in [1.29, 1.82) is 0 Å². The monoisotopic (exact) mass is 222 g/mol. The van der Waals surface area contributed by atoms with Gasteiger partial charge in [0, 0.05) is 35.2 Å². The van der Waals surface area contributed by atoms with Crippen molar-refractivity contribution in [3.63, 3.8) is 0 Å². The third-order valence-electron chi connectivity index (χ3n) is 3.11. The number of benzene rings is 1. The lowest BCUT2D eigenvalue weighted by Crippen LogP contribution is -2.21. The van der Waals surface area contributed by atoms with E-state index in [2.05, 4.69) is 0 Å². The molecule has 0 unspecified atom stereocenters. The molecule has 1 aromatic carbocycles. The van der Waals surface area contributed by atoms with E-state index < -0.39 is 0 Å². The lowest BCUT2D eigenvalue weighted by atomic mass is 9.95. The molecule has 2 N–H and O–H groups in total. The van der Waals surface area contributed by atoms with Crippen LogP contribution in [0.1, 0.15) is 29.2 Å². The molecule has 0 saturated carbocycles. The highest BCUT2D eigenvalue weighted by Crippen LogP contribution is 2.39. The first kappa shape index (κ1) is 10.9. The van der Waals surface area contributed by atoms with E-state index in [9.17, 15) is 10.1 Å². The number of hydrogen-bond acceptors (Lipinski definition) is 4. The van der Waals surface area contributed by atoms with Crippen molar-refractivity contribution < 1.29 is 9.66 Å². The molecule has 1 aromatic rings. The smallest absolute Gasteiger partial charge is 0.273 e. The zero-order chi connectivity index (χ0) is 11.9. The van der Waals surface area contributed by atoms with Gasteiger partial charge in [0.25, 0.3) is 5.69 Å². The van der Waals surface area contributed by atoms with Crippen molar-refractivity contribution in [2.24, 2.45) is 5.73 Å². The number of fused-ring (bicyclic) bond motifs is 1. The Kier molecular flexibility index (Phi) is 2.55. The Bertz CT molecular complexity index is 457. The fourth-order valence-electron chi connectivity index (χ4n) is 2.00. The van der Waals surface area contributed by atoms with E-state index in [1.54, 1.807) is 13.0 Å². The predicted octanol–water partition coefficient (Wildman–Crippen LogP) is 1.99. The second-order valence-corrected chi connectivity index (χ2v) is 4.06. The third-order valence-corrected chi connectivity index (χ3v) is 3.11. The first-order valence-electron chi connectivity index (χ1n) is 5.19. The standard InChI is InChI=1S/C11H14N2O3/c1-6-7(2)11-8(5-10(6)13(14)15)9(12)3-4-16-11/h5,9H,3-4,12H2,1-2H3/t9-/m0/s1. The third kappa shape index (κ3) is 1.53. The zero-order valence-electron chi connectivity index (χ0n) is 9.32. The summed E-state index contributed by atoms with van der Waals surface area (Å²) in [6.45, 7) is 4.14. The minimum atomic E-state index is -0.371. The molecular formula is C11H14N2O3. The number of ether oxygens (including phenoxy) is 1. The zero-order valence-corrected chi connectivity index (χ0v) is 9.32. The maximum atomic E-state index is 10.9. The van der Waals surface area contributed by atoms with E-state index in [0.29, 0.717) is 18.6 Å². The molecular weight excluding hydrogens is 208 g/mol. The molecule has 16 heavy (non-hydrogen) atoms. The summed E-state index contributed by atoms with van der Waals surface area (Å²) in [6, 6.07) is 1.38. The van der Waals surface area contributed by atoms with Gasteiger partial charge in [-0.25, -0.2) is 0 Å². The second kappa shape index (κ2) is 3.75. The Morgan fingerprint density at radius 2 is 2.19 bits per heavy atom. The Morgan fingerprint density at radius 1 is 1.50 bits per heavy atom. The molecule has 1 atom stereocenters. The Morgan fingerprint density at radius 3 is 2.81 bits per heavy atom. The quantitative estimate of drug-likeness (QED) is 0.582. The van der Waals surface area contributed by atoms with Crippen LogP contribution in [0.3, 0.4) is 0 Å². The van der Waals surface area contributed by atoms with Crippen LogP contribution < -0.4 is 10.5 Å². The van der Waals surface area contributed by atoms with Gasteiger partial charge in [0.15, 0.2) is 0 Å². The average Bonchev–Trinajstić information content (AvgIpc) is 2.23. The molecule has 0 saturated heterocycles. The summed E-state index contributed by atoms with van der Waals surface area (Å²) in [6.07, 6.45) is 0.701. The van der Waals surface area contributed by atoms with E-state index in [1.807, 2.05) is 6.92 Å². The fraction of sp³-hybridized carbons (Fsp3) is 0.455. The van der Waals surface area contributed by atoms with Gasteiger partial charge in [-0.15, -0.1) is 0 Å². The average molecular weight is 222 g/mol. The van der Waals surface area contributed by atoms with E-state index >= 15 is 0 Å². The number of nitrogens with two attached hydrogens (primary N) is 1. The van der Waals surface area contributed by atoms with Gasteiger partial charge in [0.2, 0.25) is 0 Å². The highest BCUT2D eigenvalue weighted by atomic mass is 16.6. The fourth-order valence-corrected chi connectivity index (χ4v) is 2.00. The topological polar surface area (TPSA) is 78.4 Å². The number of hydrogen-bond donors (Lipinski definition) is 1.